The lowest BCUT2D eigenvalue weighted by Gasteiger charge is -2.03. The first-order valence-electron chi connectivity index (χ1n) is 4.10. The zero-order valence-corrected chi connectivity index (χ0v) is 7.16. The zero-order chi connectivity index (χ0) is 10.1. The molecule has 0 bridgehead atoms. The van der Waals surface area contributed by atoms with Crippen LogP contribution in [0.3, 0.4) is 0 Å². The Kier molecular flexibility index (Phi) is 1.93. The molecule has 0 amide bonds. The van der Waals surface area contributed by atoms with Crippen molar-refractivity contribution >= 4 is 5.97 Å². The van der Waals surface area contributed by atoms with Crippen molar-refractivity contribution in [3.63, 3.8) is 0 Å². The number of hydrogen-bond acceptors (Lipinski definition) is 3. The van der Waals surface area contributed by atoms with E-state index in [1.165, 1.54) is 12.1 Å². The van der Waals surface area contributed by atoms with E-state index in [9.17, 15) is 9.18 Å². The average molecular weight is 191 g/mol. The Morgan fingerprint density at radius 1 is 1.57 bits per heavy atom. The summed E-state index contributed by atoms with van der Waals surface area (Å²) in [5.74, 6) is -1.27. The van der Waals surface area contributed by atoms with Gasteiger partial charge in [-0.3, -0.25) is 0 Å². The molecule has 2 rings (SSSR count). The topological polar surface area (TPSA) is 50.1 Å². The number of carbonyl (C=O) groups excluding carboxylic acids is 1. The maximum absolute atomic E-state index is 13.2. The van der Waals surface area contributed by atoms with E-state index in [1.807, 2.05) is 6.07 Å². The van der Waals surface area contributed by atoms with Crippen molar-refractivity contribution in [3.05, 3.63) is 35.1 Å². The molecule has 0 radical (unpaired) electrons. The number of ether oxygens (including phenoxy) is 1. The number of rotatable bonds is 1. The quantitative estimate of drug-likeness (QED) is 0.637. The van der Waals surface area contributed by atoms with Gasteiger partial charge in [-0.25, -0.2) is 9.18 Å². The number of esters is 1. The molecular weight excluding hydrogens is 185 g/mol. The van der Waals surface area contributed by atoms with E-state index < -0.39 is 17.9 Å². The molecule has 0 saturated heterocycles. The Morgan fingerprint density at radius 3 is 3.07 bits per heavy atom. The molecule has 0 aliphatic carbocycles. The fourth-order valence-corrected chi connectivity index (χ4v) is 1.51. The van der Waals surface area contributed by atoms with Crippen LogP contribution >= 0.6 is 0 Å². The van der Waals surface area contributed by atoms with E-state index in [2.05, 4.69) is 0 Å². The SMILES string of the molecule is N#CCC1OC(=O)c2c(F)cccc21. The average Bonchev–Trinajstić information content (AvgIpc) is 2.46. The van der Waals surface area contributed by atoms with Crippen LogP contribution in [0.1, 0.15) is 28.4 Å². The van der Waals surface area contributed by atoms with E-state index in [-0.39, 0.29) is 12.0 Å². The van der Waals surface area contributed by atoms with Gasteiger partial charge in [0.25, 0.3) is 0 Å². The summed E-state index contributed by atoms with van der Waals surface area (Å²) in [5, 5.41) is 8.47. The Balaban J connectivity index is 2.50. The van der Waals surface area contributed by atoms with Crippen molar-refractivity contribution in [3.8, 4) is 6.07 Å². The second-order valence-electron chi connectivity index (χ2n) is 2.96. The van der Waals surface area contributed by atoms with E-state index in [0.717, 1.165) is 0 Å². The first kappa shape index (κ1) is 8.70. The summed E-state index contributed by atoms with van der Waals surface area (Å²) < 4.78 is 18.0. The maximum atomic E-state index is 13.2. The van der Waals surface area contributed by atoms with Gasteiger partial charge in [-0.1, -0.05) is 12.1 Å². The molecule has 0 spiro atoms. The largest absolute Gasteiger partial charge is 0.453 e. The van der Waals surface area contributed by atoms with Gasteiger partial charge >= 0.3 is 5.97 Å². The molecule has 0 N–H and O–H groups in total. The summed E-state index contributed by atoms with van der Waals surface area (Å²) in [5.41, 5.74) is 0.435. The zero-order valence-electron chi connectivity index (χ0n) is 7.16. The highest BCUT2D eigenvalue weighted by atomic mass is 19.1. The first-order chi connectivity index (χ1) is 6.74. The molecule has 1 aromatic rings. The Bertz CT molecular complexity index is 436. The lowest BCUT2D eigenvalue weighted by Crippen LogP contribution is -1.98. The lowest BCUT2D eigenvalue weighted by molar-refractivity contribution is 0.0393. The van der Waals surface area contributed by atoms with Gasteiger partial charge in [-0.05, 0) is 6.07 Å². The lowest BCUT2D eigenvalue weighted by atomic mass is 10.0. The van der Waals surface area contributed by atoms with Gasteiger partial charge in [-0.2, -0.15) is 5.26 Å². The summed E-state index contributed by atoms with van der Waals surface area (Å²) in [6.07, 6.45) is -0.555. The summed E-state index contributed by atoms with van der Waals surface area (Å²) in [6.45, 7) is 0. The third-order valence-corrected chi connectivity index (χ3v) is 2.12. The molecule has 4 heteroatoms. The van der Waals surface area contributed by atoms with E-state index in [1.54, 1.807) is 6.07 Å². The first-order valence-corrected chi connectivity index (χ1v) is 4.10. The van der Waals surface area contributed by atoms with Crippen LogP contribution in [0.25, 0.3) is 0 Å². The number of fused-ring (bicyclic) bond motifs is 1. The predicted molar refractivity (Wildman–Crippen MR) is 44.8 cm³/mol. The Morgan fingerprint density at radius 2 is 2.36 bits per heavy atom. The fourth-order valence-electron chi connectivity index (χ4n) is 1.51. The van der Waals surface area contributed by atoms with Gasteiger partial charge in [0.15, 0.2) is 0 Å². The molecule has 1 aromatic carbocycles. The molecule has 0 saturated carbocycles. The van der Waals surface area contributed by atoms with Gasteiger partial charge in [-0.15, -0.1) is 0 Å². The van der Waals surface area contributed by atoms with Crippen molar-refractivity contribution in [2.45, 2.75) is 12.5 Å². The molecule has 1 atom stereocenters. The van der Waals surface area contributed by atoms with Crippen LogP contribution in [-0.2, 0) is 4.74 Å². The standard InChI is InChI=1S/C10H6FNO2/c11-7-3-1-2-6-8(4-5-12)14-10(13)9(6)7/h1-3,8H,4H2. The van der Waals surface area contributed by atoms with E-state index in [0.29, 0.717) is 5.56 Å². The monoisotopic (exact) mass is 191 g/mol. The van der Waals surface area contributed by atoms with Crippen LogP contribution in [-0.4, -0.2) is 5.97 Å². The second kappa shape index (κ2) is 3.11. The third kappa shape index (κ3) is 1.14. The minimum atomic E-state index is -0.682. The minimum absolute atomic E-state index is 0.0345. The molecule has 70 valence electrons. The summed E-state index contributed by atoms with van der Waals surface area (Å²) in [4.78, 5) is 11.2. The molecule has 0 fully saturated rings. The van der Waals surface area contributed by atoms with Gasteiger partial charge in [0, 0.05) is 5.56 Å². The predicted octanol–water partition coefficient (Wildman–Crippen LogP) is 1.95. The van der Waals surface area contributed by atoms with Gasteiger partial charge < -0.3 is 4.74 Å². The molecule has 14 heavy (non-hydrogen) atoms. The number of cyclic esters (lactones) is 1. The summed E-state index contributed by atoms with van der Waals surface area (Å²) in [7, 11) is 0. The van der Waals surface area contributed by atoms with Crippen LogP contribution < -0.4 is 0 Å². The highest BCUT2D eigenvalue weighted by Crippen LogP contribution is 2.33. The number of carbonyl (C=O) groups is 1. The highest BCUT2D eigenvalue weighted by molar-refractivity contribution is 5.94. The van der Waals surface area contributed by atoms with E-state index >= 15 is 0 Å². The van der Waals surface area contributed by atoms with Crippen molar-refractivity contribution in [1.82, 2.24) is 0 Å². The van der Waals surface area contributed by atoms with Crippen LogP contribution in [0, 0.1) is 17.1 Å². The van der Waals surface area contributed by atoms with Crippen LogP contribution in [0.4, 0.5) is 4.39 Å². The Labute approximate surface area is 79.7 Å². The summed E-state index contributed by atoms with van der Waals surface area (Å²) in [6, 6.07) is 6.20. The maximum Gasteiger partial charge on any atom is 0.342 e. The minimum Gasteiger partial charge on any atom is -0.453 e. The number of nitrogens with zero attached hydrogens (tertiary/aromatic N) is 1. The molecule has 1 aliphatic rings. The van der Waals surface area contributed by atoms with Crippen molar-refractivity contribution < 1.29 is 13.9 Å². The number of hydrogen-bond donors (Lipinski definition) is 0. The van der Waals surface area contributed by atoms with Gasteiger partial charge in [0.05, 0.1) is 12.5 Å². The number of benzene rings is 1. The van der Waals surface area contributed by atoms with Crippen molar-refractivity contribution in [1.29, 1.82) is 5.26 Å². The smallest absolute Gasteiger partial charge is 0.342 e. The third-order valence-electron chi connectivity index (χ3n) is 2.12. The number of halogens is 1. The fraction of sp³-hybridized carbons (Fsp3) is 0.200. The summed E-state index contributed by atoms with van der Waals surface area (Å²) >= 11 is 0. The molecule has 1 unspecified atom stereocenters. The molecule has 1 heterocycles. The van der Waals surface area contributed by atoms with E-state index in [4.69, 9.17) is 10.00 Å². The highest BCUT2D eigenvalue weighted by Gasteiger charge is 2.33. The molecule has 1 aliphatic heterocycles. The van der Waals surface area contributed by atoms with Crippen molar-refractivity contribution in [2.75, 3.05) is 0 Å². The van der Waals surface area contributed by atoms with Gasteiger partial charge in [0.2, 0.25) is 0 Å². The van der Waals surface area contributed by atoms with Crippen LogP contribution in [0.5, 0.6) is 0 Å². The molecular formula is C10H6FNO2. The molecule has 3 nitrogen and oxygen atoms in total. The van der Waals surface area contributed by atoms with Crippen LogP contribution in [0.15, 0.2) is 18.2 Å². The van der Waals surface area contributed by atoms with Crippen molar-refractivity contribution in [2.24, 2.45) is 0 Å². The molecule has 0 aromatic heterocycles. The Hall–Kier alpha value is -1.89. The van der Waals surface area contributed by atoms with Gasteiger partial charge in [0.1, 0.15) is 17.5 Å². The normalized spacial score (nSPS) is 18.6. The number of nitriles is 1. The van der Waals surface area contributed by atoms with Crippen LogP contribution in [0.2, 0.25) is 0 Å². The second-order valence-corrected chi connectivity index (χ2v) is 2.96.